The Morgan fingerprint density at radius 2 is 2.06 bits per heavy atom. The van der Waals surface area contributed by atoms with Crippen molar-refractivity contribution in [3.8, 4) is 5.75 Å². The van der Waals surface area contributed by atoms with Gasteiger partial charge in [-0.05, 0) is 17.5 Å². The van der Waals surface area contributed by atoms with Gasteiger partial charge in [0.05, 0.1) is 12.8 Å². The highest BCUT2D eigenvalue weighted by molar-refractivity contribution is 5.91. The van der Waals surface area contributed by atoms with Crippen LogP contribution in [0.2, 0.25) is 0 Å². The summed E-state index contributed by atoms with van der Waals surface area (Å²) in [6, 6.07) is 5.19. The predicted molar refractivity (Wildman–Crippen MR) is 70.1 cm³/mol. The van der Waals surface area contributed by atoms with Crippen molar-refractivity contribution >= 4 is 17.3 Å². The van der Waals surface area contributed by atoms with E-state index in [9.17, 15) is 4.79 Å². The fourth-order valence-corrected chi connectivity index (χ4v) is 1.48. The first-order valence-corrected chi connectivity index (χ1v) is 5.55. The average Bonchev–Trinajstić information content (AvgIpc) is 2.18. The third-order valence-corrected chi connectivity index (χ3v) is 2.21. The van der Waals surface area contributed by atoms with Gasteiger partial charge in [-0.3, -0.25) is 4.79 Å². The molecule has 0 spiro atoms. The van der Waals surface area contributed by atoms with Crippen molar-refractivity contribution in [1.82, 2.24) is 0 Å². The quantitative estimate of drug-likeness (QED) is 0.793. The maximum atomic E-state index is 11.7. The van der Waals surface area contributed by atoms with Crippen LogP contribution in [-0.4, -0.2) is 13.0 Å². The second-order valence-corrected chi connectivity index (χ2v) is 5.24. The number of anilines is 2. The molecule has 1 amide bonds. The lowest BCUT2D eigenvalue weighted by molar-refractivity contribution is -0.117. The van der Waals surface area contributed by atoms with Crippen molar-refractivity contribution in [1.29, 1.82) is 0 Å². The lowest BCUT2D eigenvalue weighted by Gasteiger charge is -2.17. The summed E-state index contributed by atoms with van der Waals surface area (Å²) in [5, 5.41) is 2.83. The Labute approximate surface area is 102 Å². The van der Waals surface area contributed by atoms with Crippen LogP contribution in [0, 0.1) is 5.41 Å². The summed E-state index contributed by atoms with van der Waals surface area (Å²) in [6.45, 7) is 6.07. The van der Waals surface area contributed by atoms with Crippen molar-refractivity contribution in [3.63, 3.8) is 0 Å². The minimum Gasteiger partial charge on any atom is -0.495 e. The zero-order valence-corrected chi connectivity index (χ0v) is 10.8. The number of nitrogens with one attached hydrogen (secondary N) is 1. The van der Waals surface area contributed by atoms with Crippen LogP contribution >= 0.6 is 0 Å². The molecule has 4 nitrogen and oxygen atoms in total. The fourth-order valence-electron chi connectivity index (χ4n) is 1.48. The Morgan fingerprint density at radius 3 is 2.59 bits per heavy atom. The summed E-state index contributed by atoms with van der Waals surface area (Å²) in [7, 11) is 1.55. The van der Waals surface area contributed by atoms with Crippen molar-refractivity contribution in [2.45, 2.75) is 27.2 Å². The van der Waals surface area contributed by atoms with Crippen LogP contribution in [0.25, 0.3) is 0 Å². The molecule has 17 heavy (non-hydrogen) atoms. The molecule has 0 aliphatic rings. The number of amides is 1. The van der Waals surface area contributed by atoms with Crippen molar-refractivity contribution in [2.24, 2.45) is 5.41 Å². The lowest BCUT2D eigenvalue weighted by Crippen LogP contribution is -2.19. The standard InChI is InChI=1S/C13H20N2O2/c1-13(2,3)8-12(16)15-9-5-6-10(14)11(7-9)17-4/h5-7H,8,14H2,1-4H3,(H,15,16). The van der Waals surface area contributed by atoms with E-state index in [-0.39, 0.29) is 11.3 Å². The first-order chi connectivity index (χ1) is 7.81. The van der Waals surface area contributed by atoms with Gasteiger partial charge in [0, 0.05) is 18.2 Å². The monoisotopic (exact) mass is 236 g/mol. The fraction of sp³-hybridized carbons (Fsp3) is 0.462. The smallest absolute Gasteiger partial charge is 0.224 e. The van der Waals surface area contributed by atoms with Gasteiger partial charge in [-0.15, -0.1) is 0 Å². The Balaban J connectivity index is 2.72. The summed E-state index contributed by atoms with van der Waals surface area (Å²) in [5.41, 5.74) is 6.93. The zero-order chi connectivity index (χ0) is 13.1. The highest BCUT2D eigenvalue weighted by atomic mass is 16.5. The third kappa shape index (κ3) is 4.34. The molecule has 0 atom stereocenters. The van der Waals surface area contributed by atoms with Gasteiger partial charge >= 0.3 is 0 Å². The number of carbonyl (C=O) groups excluding carboxylic acids is 1. The van der Waals surface area contributed by atoms with E-state index in [2.05, 4.69) is 5.32 Å². The normalized spacial score (nSPS) is 11.1. The summed E-state index contributed by atoms with van der Waals surface area (Å²) < 4.78 is 5.09. The van der Waals surface area contributed by atoms with Crippen LogP contribution in [0.5, 0.6) is 5.75 Å². The van der Waals surface area contributed by atoms with Crippen LogP contribution in [0.1, 0.15) is 27.2 Å². The van der Waals surface area contributed by atoms with Crippen LogP contribution in [-0.2, 0) is 4.79 Å². The molecule has 3 N–H and O–H groups in total. The van der Waals surface area contributed by atoms with Gasteiger partial charge < -0.3 is 15.8 Å². The summed E-state index contributed by atoms with van der Waals surface area (Å²) in [5.74, 6) is 0.558. The molecule has 0 saturated heterocycles. The number of carbonyl (C=O) groups is 1. The second-order valence-electron chi connectivity index (χ2n) is 5.24. The Morgan fingerprint density at radius 1 is 1.41 bits per heavy atom. The van der Waals surface area contributed by atoms with Crippen LogP contribution in [0.3, 0.4) is 0 Å². The van der Waals surface area contributed by atoms with Gasteiger partial charge in [0.2, 0.25) is 5.91 Å². The molecule has 4 heteroatoms. The number of hydrogen-bond donors (Lipinski definition) is 2. The SMILES string of the molecule is COc1cc(NC(=O)CC(C)(C)C)ccc1N. The molecule has 0 aliphatic carbocycles. The highest BCUT2D eigenvalue weighted by Gasteiger charge is 2.16. The maximum Gasteiger partial charge on any atom is 0.224 e. The first kappa shape index (κ1) is 13.4. The molecular formula is C13H20N2O2. The molecule has 0 bridgehead atoms. The maximum absolute atomic E-state index is 11.7. The van der Waals surface area contributed by atoms with E-state index >= 15 is 0 Å². The molecule has 0 unspecified atom stereocenters. The minimum atomic E-state index is -0.0258. The van der Waals surface area contributed by atoms with Crippen LogP contribution < -0.4 is 15.8 Å². The number of rotatable bonds is 3. The lowest BCUT2D eigenvalue weighted by atomic mass is 9.92. The number of benzene rings is 1. The van der Waals surface area contributed by atoms with E-state index < -0.39 is 0 Å². The van der Waals surface area contributed by atoms with Gasteiger partial charge in [-0.25, -0.2) is 0 Å². The molecular weight excluding hydrogens is 216 g/mol. The second kappa shape index (κ2) is 5.08. The van der Waals surface area contributed by atoms with Gasteiger partial charge in [-0.2, -0.15) is 0 Å². The van der Waals surface area contributed by atoms with Gasteiger partial charge in [0.25, 0.3) is 0 Å². The topological polar surface area (TPSA) is 64.3 Å². The first-order valence-electron chi connectivity index (χ1n) is 5.55. The Kier molecular flexibility index (Phi) is 3.99. The van der Waals surface area contributed by atoms with E-state index in [1.54, 1.807) is 25.3 Å². The van der Waals surface area contributed by atoms with Crippen molar-refractivity contribution < 1.29 is 9.53 Å². The highest BCUT2D eigenvalue weighted by Crippen LogP contribution is 2.26. The number of hydrogen-bond acceptors (Lipinski definition) is 3. The van der Waals surface area contributed by atoms with Gasteiger partial charge in [-0.1, -0.05) is 20.8 Å². The molecule has 94 valence electrons. The zero-order valence-electron chi connectivity index (χ0n) is 10.8. The van der Waals surface area contributed by atoms with E-state index in [4.69, 9.17) is 10.5 Å². The molecule has 0 aromatic heterocycles. The molecule has 0 radical (unpaired) electrons. The number of nitrogens with two attached hydrogens (primary N) is 1. The number of ether oxygens (including phenoxy) is 1. The van der Waals surface area contributed by atoms with E-state index in [0.29, 0.717) is 23.5 Å². The minimum absolute atomic E-state index is 0.00988. The van der Waals surface area contributed by atoms with Crippen LogP contribution in [0.4, 0.5) is 11.4 Å². The van der Waals surface area contributed by atoms with Crippen LogP contribution in [0.15, 0.2) is 18.2 Å². The molecule has 0 aliphatic heterocycles. The van der Waals surface area contributed by atoms with E-state index in [1.807, 2.05) is 20.8 Å². The summed E-state index contributed by atoms with van der Waals surface area (Å²) in [6.07, 6.45) is 0.472. The molecule has 0 saturated carbocycles. The van der Waals surface area contributed by atoms with Crippen molar-refractivity contribution in [3.05, 3.63) is 18.2 Å². The molecule has 0 heterocycles. The Bertz CT molecular complexity index is 408. The van der Waals surface area contributed by atoms with Gasteiger partial charge in [0.15, 0.2) is 0 Å². The third-order valence-electron chi connectivity index (χ3n) is 2.21. The largest absolute Gasteiger partial charge is 0.495 e. The molecule has 1 rings (SSSR count). The van der Waals surface area contributed by atoms with Crippen molar-refractivity contribution in [2.75, 3.05) is 18.2 Å². The summed E-state index contributed by atoms with van der Waals surface area (Å²) in [4.78, 5) is 11.7. The molecule has 1 aromatic rings. The van der Waals surface area contributed by atoms with E-state index in [1.165, 1.54) is 0 Å². The number of nitrogen functional groups attached to an aromatic ring is 1. The average molecular weight is 236 g/mol. The number of methoxy groups -OCH3 is 1. The molecule has 0 fully saturated rings. The van der Waals surface area contributed by atoms with E-state index in [0.717, 1.165) is 0 Å². The summed E-state index contributed by atoms with van der Waals surface area (Å²) >= 11 is 0. The molecule has 1 aromatic carbocycles. The Hall–Kier alpha value is -1.71. The van der Waals surface area contributed by atoms with Gasteiger partial charge in [0.1, 0.15) is 5.75 Å². The predicted octanol–water partition coefficient (Wildman–Crippen LogP) is 2.65.